The van der Waals surface area contributed by atoms with Gasteiger partial charge in [0.25, 0.3) is 11.6 Å². The average molecular weight is 636 g/mol. The Balaban J connectivity index is 1.88. The summed E-state index contributed by atoms with van der Waals surface area (Å²) in [6, 6.07) is 18.5. The van der Waals surface area contributed by atoms with E-state index in [1.165, 1.54) is 30.3 Å². The van der Waals surface area contributed by atoms with Crippen LogP contribution in [0.1, 0.15) is 11.1 Å². The molecule has 0 bridgehead atoms. The predicted octanol–water partition coefficient (Wildman–Crippen LogP) is 7.01. The van der Waals surface area contributed by atoms with E-state index in [0.717, 1.165) is 10.0 Å². The number of nitro benzene ring substituents is 1. The van der Waals surface area contributed by atoms with Crippen molar-refractivity contribution in [3.63, 3.8) is 0 Å². The van der Waals surface area contributed by atoms with Gasteiger partial charge in [-0.25, -0.2) is 0 Å². The summed E-state index contributed by atoms with van der Waals surface area (Å²) in [5.41, 5.74) is 1.28. The number of nitriles is 1. The number of hydrogen-bond donors (Lipinski definition) is 1. The van der Waals surface area contributed by atoms with Crippen LogP contribution in [0.2, 0.25) is 0 Å². The number of carbonyl (C=O) groups excluding carboxylic acids is 1. The lowest BCUT2D eigenvalue weighted by molar-refractivity contribution is -0.384. The second kappa shape index (κ2) is 11.2. The minimum Gasteiger partial charge on any atom is -0.487 e. The molecule has 3 aromatic carbocycles. The van der Waals surface area contributed by atoms with E-state index < -0.39 is 10.8 Å². The molecular formula is C23H14Br3N3O4. The normalized spacial score (nSPS) is 10.9. The molecule has 1 amide bonds. The molecule has 1 N–H and O–H groups in total. The van der Waals surface area contributed by atoms with Crippen LogP contribution in [-0.2, 0) is 11.4 Å². The number of ether oxygens (including phenoxy) is 1. The molecular weight excluding hydrogens is 622 g/mol. The summed E-state index contributed by atoms with van der Waals surface area (Å²) in [7, 11) is 0. The summed E-state index contributed by atoms with van der Waals surface area (Å²) in [5, 5.41) is 23.1. The first-order valence-corrected chi connectivity index (χ1v) is 11.7. The van der Waals surface area contributed by atoms with Crippen LogP contribution < -0.4 is 10.1 Å². The Bertz CT molecular complexity index is 1290. The van der Waals surface area contributed by atoms with Crippen molar-refractivity contribution in [2.75, 3.05) is 5.32 Å². The molecule has 10 heteroatoms. The van der Waals surface area contributed by atoms with Crippen molar-refractivity contribution in [2.45, 2.75) is 6.61 Å². The van der Waals surface area contributed by atoms with Crippen molar-refractivity contribution in [3.8, 4) is 11.8 Å². The second-order valence-corrected chi connectivity index (χ2v) is 9.34. The van der Waals surface area contributed by atoms with Gasteiger partial charge < -0.3 is 10.1 Å². The van der Waals surface area contributed by atoms with Gasteiger partial charge in [0, 0.05) is 32.3 Å². The van der Waals surface area contributed by atoms with E-state index in [2.05, 4.69) is 53.1 Å². The highest BCUT2D eigenvalue weighted by Crippen LogP contribution is 2.35. The largest absolute Gasteiger partial charge is 0.487 e. The van der Waals surface area contributed by atoms with Gasteiger partial charge in [-0.2, -0.15) is 5.26 Å². The van der Waals surface area contributed by atoms with Crippen LogP contribution in [0.3, 0.4) is 0 Å². The summed E-state index contributed by atoms with van der Waals surface area (Å²) in [6.07, 6.45) is 1.40. The number of halogens is 3. The Kier molecular flexibility index (Phi) is 8.38. The van der Waals surface area contributed by atoms with E-state index in [0.29, 0.717) is 20.3 Å². The van der Waals surface area contributed by atoms with Crippen LogP contribution in [0.25, 0.3) is 6.08 Å². The summed E-state index contributed by atoms with van der Waals surface area (Å²) in [4.78, 5) is 23.1. The first-order valence-electron chi connectivity index (χ1n) is 9.30. The fourth-order valence-electron chi connectivity index (χ4n) is 2.78. The van der Waals surface area contributed by atoms with Gasteiger partial charge in [-0.15, -0.1) is 0 Å². The number of non-ortho nitro benzene ring substituents is 1. The Hall–Kier alpha value is -3.00. The van der Waals surface area contributed by atoms with E-state index in [4.69, 9.17) is 4.74 Å². The molecule has 0 spiro atoms. The van der Waals surface area contributed by atoms with Crippen LogP contribution >= 0.6 is 47.8 Å². The molecule has 0 aliphatic carbocycles. The monoisotopic (exact) mass is 633 g/mol. The SMILES string of the molecule is N#C/C(=C\c1cc(Br)cc(Br)c1OCc1ccc(Br)cc1)C(=O)Nc1cccc([N+](=O)[O-])c1. The molecule has 0 heterocycles. The zero-order valence-electron chi connectivity index (χ0n) is 16.7. The third-order valence-corrected chi connectivity index (χ3v) is 5.89. The summed E-state index contributed by atoms with van der Waals surface area (Å²) in [5.74, 6) is -0.245. The van der Waals surface area contributed by atoms with E-state index >= 15 is 0 Å². The van der Waals surface area contributed by atoms with Gasteiger partial charge in [-0.1, -0.05) is 50.1 Å². The molecule has 0 aliphatic rings. The van der Waals surface area contributed by atoms with E-state index in [1.54, 1.807) is 12.1 Å². The fourth-order valence-corrected chi connectivity index (χ4v) is 4.41. The van der Waals surface area contributed by atoms with E-state index in [9.17, 15) is 20.2 Å². The zero-order chi connectivity index (χ0) is 24.0. The highest BCUT2D eigenvalue weighted by atomic mass is 79.9. The first-order chi connectivity index (χ1) is 15.8. The first kappa shape index (κ1) is 24.6. The number of nitrogens with zero attached hydrogens (tertiary/aromatic N) is 2. The molecule has 7 nitrogen and oxygen atoms in total. The molecule has 166 valence electrons. The fraction of sp³-hybridized carbons (Fsp3) is 0.0435. The lowest BCUT2D eigenvalue weighted by Gasteiger charge is -2.13. The van der Waals surface area contributed by atoms with Crippen molar-refractivity contribution in [1.82, 2.24) is 0 Å². The number of rotatable bonds is 7. The molecule has 0 atom stereocenters. The molecule has 0 aliphatic heterocycles. The summed E-state index contributed by atoms with van der Waals surface area (Å²) < 4.78 is 8.29. The number of nitrogens with one attached hydrogen (secondary N) is 1. The number of amides is 1. The summed E-state index contributed by atoms with van der Waals surface area (Å²) in [6.45, 7) is 0.274. The van der Waals surface area contributed by atoms with Crippen molar-refractivity contribution in [3.05, 3.63) is 101 Å². The molecule has 0 fully saturated rings. The number of hydrogen-bond acceptors (Lipinski definition) is 5. The van der Waals surface area contributed by atoms with Crippen LogP contribution in [0.4, 0.5) is 11.4 Å². The molecule has 0 saturated carbocycles. The van der Waals surface area contributed by atoms with Crippen LogP contribution in [0, 0.1) is 21.4 Å². The number of anilines is 1. The molecule has 0 saturated heterocycles. The van der Waals surface area contributed by atoms with Crippen molar-refractivity contribution in [1.29, 1.82) is 5.26 Å². The van der Waals surface area contributed by atoms with Gasteiger partial charge in [-0.3, -0.25) is 14.9 Å². The lowest BCUT2D eigenvalue weighted by atomic mass is 10.1. The number of nitro groups is 1. The Morgan fingerprint density at radius 2 is 1.82 bits per heavy atom. The maximum absolute atomic E-state index is 12.7. The minimum absolute atomic E-state index is 0.171. The Morgan fingerprint density at radius 1 is 1.09 bits per heavy atom. The van der Waals surface area contributed by atoms with E-state index in [-0.39, 0.29) is 23.6 Å². The van der Waals surface area contributed by atoms with Gasteiger partial charge in [0.2, 0.25) is 0 Å². The number of benzene rings is 3. The third kappa shape index (κ3) is 6.74. The second-order valence-electron chi connectivity index (χ2n) is 6.65. The Morgan fingerprint density at radius 3 is 2.48 bits per heavy atom. The maximum atomic E-state index is 12.7. The topological polar surface area (TPSA) is 105 Å². The van der Waals surface area contributed by atoms with Gasteiger partial charge in [0.15, 0.2) is 0 Å². The highest BCUT2D eigenvalue weighted by molar-refractivity contribution is 9.11. The van der Waals surface area contributed by atoms with Crippen LogP contribution in [-0.4, -0.2) is 10.8 Å². The lowest BCUT2D eigenvalue weighted by Crippen LogP contribution is -2.13. The smallest absolute Gasteiger partial charge is 0.271 e. The highest BCUT2D eigenvalue weighted by Gasteiger charge is 2.15. The van der Waals surface area contributed by atoms with Gasteiger partial charge in [-0.05, 0) is 57.9 Å². The standard InChI is InChI=1S/C23H14Br3N3O4/c24-17-6-4-14(5-7-17)13-33-22-15(9-18(25)10-21(22)26)8-16(12-27)23(30)28-19-2-1-3-20(11-19)29(31)32/h1-11H,13H2,(H,28,30)/b16-8+. The van der Waals surface area contributed by atoms with Gasteiger partial charge in [0.05, 0.1) is 9.40 Å². The molecule has 0 unspecified atom stereocenters. The average Bonchev–Trinajstić information content (AvgIpc) is 2.78. The molecule has 3 aromatic rings. The quantitative estimate of drug-likeness (QED) is 0.130. The molecule has 0 radical (unpaired) electrons. The molecule has 33 heavy (non-hydrogen) atoms. The Labute approximate surface area is 214 Å². The number of carbonyl (C=O) groups is 1. The minimum atomic E-state index is -0.701. The van der Waals surface area contributed by atoms with E-state index in [1.807, 2.05) is 30.3 Å². The van der Waals surface area contributed by atoms with Gasteiger partial charge in [0.1, 0.15) is 24.0 Å². The van der Waals surface area contributed by atoms with Crippen molar-refractivity contribution >= 4 is 71.1 Å². The molecule has 3 rings (SSSR count). The molecule has 0 aromatic heterocycles. The maximum Gasteiger partial charge on any atom is 0.271 e. The van der Waals surface area contributed by atoms with Crippen LogP contribution in [0.5, 0.6) is 5.75 Å². The predicted molar refractivity (Wildman–Crippen MR) is 136 cm³/mol. The van der Waals surface area contributed by atoms with Crippen molar-refractivity contribution in [2.24, 2.45) is 0 Å². The third-order valence-electron chi connectivity index (χ3n) is 4.31. The van der Waals surface area contributed by atoms with Gasteiger partial charge >= 0.3 is 0 Å². The summed E-state index contributed by atoms with van der Waals surface area (Å²) >= 11 is 10.3. The zero-order valence-corrected chi connectivity index (χ0v) is 21.5. The van der Waals surface area contributed by atoms with Crippen molar-refractivity contribution < 1.29 is 14.5 Å². The van der Waals surface area contributed by atoms with Crippen LogP contribution in [0.15, 0.2) is 79.7 Å².